The summed E-state index contributed by atoms with van der Waals surface area (Å²) in [4.78, 5) is 25.9. The Labute approximate surface area is 173 Å². The molecule has 0 bridgehead atoms. The van der Waals surface area contributed by atoms with Gasteiger partial charge in [-0.25, -0.2) is 0 Å². The number of thioether (sulfide) groups is 2. The van der Waals surface area contributed by atoms with Crippen LogP contribution in [0.1, 0.15) is 11.1 Å². The van der Waals surface area contributed by atoms with Crippen molar-refractivity contribution in [2.24, 2.45) is 0 Å². The van der Waals surface area contributed by atoms with Crippen LogP contribution in [-0.2, 0) is 11.3 Å². The summed E-state index contributed by atoms with van der Waals surface area (Å²) in [5.74, 6) is 2.52. The number of hydrogen-bond donors (Lipinski definition) is 1. The number of carbonyl (C=O) groups excluding carboxylic acids is 1. The highest BCUT2D eigenvalue weighted by atomic mass is 32.2. The Bertz CT molecular complexity index is 837. The number of non-ortho nitro benzene ring substituents is 1. The fraction of sp³-hybridized carbons (Fsp3) is 0.350. The number of rotatable bonds is 7. The summed E-state index contributed by atoms with van der Waals surface area (Å²) in [5, 5.41) is 13.7. The zero-order valence-corrected chi connectivity index (χ0v) is 17.4. The first-order chi connectivity index (χ1) is 13.5. The highest BCUT2D eigenvalue weighted by molar-refractivity contribution is 8.00. The lowest BCUT2D eigenvalue weighted by molar-refractivity contribution is -0.384. The van der Waals surface area contributed by atoms with E-state index >= 15 is 0 Å². The van der Waals surface area contributed by atoms with E-state index in [1.807, 2.05) is 30.8 Å². The van der Waals surface area contributed by atoms with E-state index in [-0.39, 0.29) is 17.3 Å². The van der Waals surface area contributed by atoms with Crippen LogP contribution in [0.25, 0.3) is 0 Å². The fourth-order valence-corrected chi connectivity index (χ4v) is 4.67. The van der Waals surface area contributed by atoms with E-state index in [4.69, 9.17) is 0 Å². The largest absolute Gasteiger partial charge is 0.325 e. The Balaban J connectivity index is 1.56. The quantitative estimate of drug-likeness (QED) is 0.414. The molecular formula is C20H23N3O3S2. The van der Waals surface area contributed by atoms with Crippen LogP contribution in [0.15, 0.2) is 47.4 Å². The van der Waals surface area contributed by atoms with Crippen LogP contribution in [-0.4, -0.2) is 46.1 Å². The van der Waals surface area contributed by atoms with Crippen LogP contribution < -0.4 is 5.32 Å². The second-order valence-corrected chi connectivity index (χ2v) is 8.84. The monoisotopic (exact) mass is 417 g/mol. The van der Waals surface area contributed by atoms with E-state index in [0.29, 0.717) is 0 Å². The first kappa shape index (κ1) is 20.7. The predicted octanol–water partition coefficient (Wildman–Crippen LogP) is 4.18. The number of carbonyl (C=O) groups is 1. The van der Waals surface area contributed by atoms with Crippen LogP contribution >= 0.6 is 23.5 Å². The van der Waals surface area contributed by atoms with E-state index in [2.05, 4.69) is 16.3 Å². The molecule has 1 fully saturated rings. The van der Waals surface area contributed by atoms with Gasteiger partial charge in [-0.2, -0.15) is 11.8 Å². The normalized spacial score (nSPS) is 14.6. The summed E-state index contributed by atoms with van der Waals surface area (Å²) >= 11 is 3.36. The molecular weight excluding hydrogens is 394 g/mol. The van der Waals surface area contributed by atoms with Crippen molar-refractivity contribution in [3.63, 3.8) is 0 Å². The van der Waals surface area contributed by atoms with Gasteiger partial charge in [0.25, 0.3) is 5.69 Å². The highest BCUT2D eigenvalue weighted by Crippen LogP contribution is 2.24. The van der Waals surface area contributed by atoms with Crippen LogP contribution in [0.2, 0.25) is 0 Å². The molecule has 28 heavy (non-hydrogen) atoms. The molecule has 2 aromatic carbocycles. The molecule has 1 heterocycles. The number of nitro groups is 1. The van der Waals surface area contributed by atoms with E-state index in [9.17, 15) is 14.9 Å². The van der Waals surface area contributed by atoms with Gasteiger partial charge in [-0.05, 0) is 36.2 Å². The second-order valence-electron chi connectivity index (χ2n) is 6.57. The van der Waals surface area contributed by atoms with Gasteiger partial charge in [-0.15, -0.1) is 11.8 Å². The van der Waals surface area contributed by atoms with E-state index in [1.165, 1.54) is 41.0 Å². The minimum atomic E-state index is -0.431. The molecule has 148 valence electrons. The summed E-state index contributed by atoms with van der Waals surface area (Å²) < 4.78 is 0. The SMILES string of the molecule is Cc1c(CN2CCSCC2)cccc1NC(=O)CSc1ccc([N+](=O)[O-])cc1. The average Bonchev–Trinajstić information content (AvgIpc) is 2.70. The number of anilines is 1. The van der Waals surface area contributed by atoms with Crippen molar-refractivity contribution in [1.82, 2.24) is 4.90 Å². The van der Waals surface area contributed by atoms with E-state index in [0.717, 1.165) is 35.8 Å². The van der Waals surface area contributed by atoms with Crippen molar-refractivity contribution >= 4 is 40.8 Å². The standard InChI is InChI=1S/C20H23N3O3S2/c1-15-16(13-22-9-11-27-12-10-22)3-2-4-19(15)21-20(24)14-28-18-7-5-17(6-8-18)23(25)26/h2-8H,9-14H2,1H3,(H,21,24). The maximum Gasteiger partial charge on any atom is 0.269 e. The number of nitrogens with zero attached hydrogens (tertiary/aromatic N) is 2. The molecule has 0 spiro atoms. The zero-order valence-electron chi connectivity index (χ0n) is 15.7. The lowest BCUT2D eigenvalue weighted by Gasteiger charge is -2.27. The molecule has 8 heteroatoms. The molecule has 0 atom stereocenters. The molecule has 0 radical (unpaired) electrons. The molecule has 1 aliphatic rings. The van der Waals surface area contributed by atoms with Gasteiger partial charge in [-0.3, -0.25) is 19.8 Å². The third kappa shape index (κ3) is 5.73. The second kappa shape index (κ2) is 9.95. The molecule has 1 N–H and O–H groups in total. The third-order valence-electron chi connectivity index (χ3n) is 4.64. The minimum Gasteiger partial charge on any atom is -0.325 e. The van der Waals surface area contributed by atoms with Gasteiger partial charge in [0.15, 0.2) is 0 Å². The molecule has 0 saturated carbocycles. The lowest BCUT2D eigenvalue weighted by atomic mass is 10.1. The Hall–Kier alpha value is -2.03. The van der Waals surface area contributed by atoms with Crippen LogP contribution in [0, 0.1) is 17.0 Å². The van der Waals surface area contributed by atoms with Gasteiger partial charge in [0.05, 0.1) is 10.7 Å². The van der Waals surface area contributed by atoms with Crippen molar-refractivity contribution < 1.29 is 9.72 Å². The summed E-state index contributed by atoms with van der Waals surface area (Å²) in [6.07, 6.45) is 0. The van der Waals surface area contributed by atoms with Gasteiger partial charge in [0.2, 0.25) is 5.91 Å². The van der Waals surface area contributed by atoms with Gasteiger partial charge in [0, 0.05) is 53.9 Å². The molecule has 1 saturated heterocycles. The van der Waals surface area contributed by atoms with Gasteiger partial charge >= 0.3 is 0 Å². The Morgan fingerprint density at radius 1 is 1.21 bits per heavy atom. The summed E-state index contributed by atoms with van der Waals surface area (Å²) in [7, 11) is 0. The number of benzene rings is 2. The van der Waals surface area contributed by atoms with Crippen LogP contribution in [0.4, 0.5) is 11.4 Å². The Morgan fingerprint density at radius 3 is 2.61 bits per heavy atom. The van der Waals surface area contributed by atoms with Crippen molar-refractivity contribution in [3.8, 4) is 0 Å². The molecule has 1 amide bonds. The van der Waals surface area contributed by atoms with Crippen molar-refractivity contribution in [2.45, 2.75) is 18.4 Å². The summed E-state index contributed by atoms with van der Waals surface area (Å²) in [5.41, 5.74) is 3.24. The third-order valence-corrected chi connectivity index (χ3v) is 6.59. The van der Waals surface area contributed by atoms with Crippen LogP contribution in [0.5, 0.6) is 0 Å². The fourth-order valence-electron chi connectivity index (χ4n) is 2.99. The number of nitrogens with one attached hydrogen (secondary N) is 1. The van der Waals surface area contributed by atoms with Crippen LogP contribution in [0.3, 0.4) is 0 Å². The van der Waals surface area contributed by atoms with Gasteiger partial charge in [-0.1, -0.05) is 12.1 Å². The molecule has 2 aromatic rings. The van der Waals surface area contributed by atoms with Crippen molar-refractivity contribution in [2.75, 3.05) is 35.7 Å². The van der Waals surface area contributed by atoms with Crippen molar-refractivity contribution in [3.05, 3.63) is 63.7 Å². The number of nitro benzene ring substituents is 1. The maximum atomic E-state index is 12.4. The van der Waals surface area contributed by atoms with Crippen molar-refractivity contribution in [1.29, 1.82) is 0 Å². The van der Waals surface area contributed by atoms with E-state index in [1.54, 1.807) is 12.1 Å². The highest BCUT2D eigenvalue weighted by Gasteiger charge is 2.14. The number of hydrogen-bond acceptors (Lipinski definition) is 6. The minimum absolute atomic E-state index is 0.0496. The van der Waals surface area contributed by atoms with Gasteiger partial charge < -0.3 is 5.32 Å². The molecule has 0 aromatic heterocycles. The molecule has 3 rings (SSSR count). The first-order valence-electron chi connectivity index (χ1n) is 9.08. The lowest BCUT2D eigenvalue weighted by Crippen LogP contribution is -2.32. The maximum absolute atomic E-state index is 12.4. The topological polar surface area (TPSA) is 75.5 Å². The van der Waals surface area contributed by atoms with Gasteiger partial charge in [0.1, 0.15) is 0 Å². The number of amides is 1. The molecule has 1 aliphatic heterocycles. The molecule has 0 aliphatic carbocycles. The summed E-state index contributed by atoms with van der Waals surface area (Å²) in [6, 6.07) is 12.3. The molecule has 6 nitrogen and oxygen atoms in total. The molecule has 0 unspecified atom stereocenters. The Kier molecular flexibility index (Phi) is 7.36. The average molecular weight is 418 g/mol. The Morgan fingerprint density at radius 2 is 1.93 bits per heavy atom. The van der Waals surface area contributed by atoms with E-state index < -0.39 is 4.92 Å². The zero-order chi connectivity index (χ0) is 19.9. The first-order valence-corrected chi connectivity index (χ1v) is 11.2. The summed E-state index contributed by atoms with van der Waals surface area (Å²) in [6.45, 7) is 5.17. The predicted molar refractivity (Wildman–Crippen MR) is 116 cm³/mol. The smallest absolute Gasteiger partial charge is 0.269 e.